The van der Waals surface area contributed by atoms with Crippen LogP contribution >= 0.6 is 24.0 Å². The van der Waals surface area contributed by atoms with Crippen molar-refractivity contribution in [2.45, 2.75) is 26.3 Å². The number of carbonyl (C=O) groups excluding carboxylic acids is 1. The van der Waals surface area contributed by atoms with Gasteiger partial charge in [0, 0.05) is 38.4 Å². The van der Waals surface area contributed by atoms with Gasteiger partial charge < -0.3 is 15.5 Å². The Morgan fingerprint density at radius 2 is 1.89 bits per heavy atom. The zero-order valence-corrected chi connectivity index (χ0v) is 19.1. The molecule has 0 spiro atoms. The molecule has 2 aromatic rings. The average molecular weight is 495 g/mol. The number of rotatable bonds is 8. The molecule has 0 bridgehead atoms. The number of nitrogens with one attached hydrogen (secondary N) is 2. The van der Waals surface area contributed by atoms with Crippen LogP contribution in [0.5, 0.6) is 0 Å². The molecule has 1 aromatic heterocycles. The largest absolute Gasteiger partial charge is 0.357 e. The van der Waals surface area contributed by atoms with Gasteiger partial charge in [-0.05, 0) is 31.5 Å². The highest BCUT2D eigenvalue weighted by molar-refractivity contribution is 14.0. The summed E-state index contributed by atoms with van der Waals surface area (Å²) < 4.78 is 0. The van der Waals surface area contributed by atoms with Gasteiger partial charge >= 0.3 is 0 Å². The van der Waals surface area contributed by atoms with E-state index in [0.29, 0.717) is 12.5 Å². The van der Waals surface area contributed by atoms with Crippen LogP contribution in [0.25, 0.3) is 0 Å². The van der Waals surface area contributed by atoms with Crippen LogP contribution in [-0.4, -0.2) is 48.4 Å². The summed E-state index contributed by atoms with van der Waals surface area (Å²) >= 11 is 0. The van der Waals surface area contributed by atoms with E-state index in [4.69, 9.17) is 0 Å². The Labute approximate surface area is 184 Å². The normalized spacial score (nSPS) is 11.9. The number of hydrogen-bond donors (Lipinski definition) is 2. The number of carbonyl (C=O) groups is 1. The van der Waals surface area contributed by atoms with Gasteiger partial charge in [-0.25, -0.2) is 4.99 Å². The van der Waals surface area contributed by atoms with Gasteiger partial charge in [0.15, 0.2) is 5.96 Å². The van der Waals surface area contributed by atoms with Crippen LogP contribution in [0, 0.1) is 0 Å². The molecule has 152 valence electrons. The highest BCUT2D eigenvalue weighted by Crippen LogP contribution is 2.10. The maximum absolute atomic E-state index is 12.4. The highest BCUT2D eigenvalue weighted by Gasteiger charge is 2.11. The Morgan fingerprint density at radius 1 is 1.18 bits per heavy atom. The number of aliphatic imine (C=N–C) groups is 1. The van der Waals surface area contributed by atoms with Crippen LogP contribution in [0.2, 0.25) is 0 Å². The molecule has 0 aliphatic heterocycles. The van der Waals surface area contributed by atoms with Gasteiger partial charge in [0.2, 0.25) is 5.91 Å². The van der Waals surface area contributed by atoms with Crippen LogP contribution in [0.15, 0.2) is 59.7 Å². The van der Waals surface area contributed by atoms with Gasteiger partial charge in [0.25, 0.3) is 0 Å². The molecule has 0 saturated carbocycles. The summed E-state index contributed by atoms with van der Waals surface area (Å²) in [5.41, 5.74) is 2.15. The maximum atomic E-state index is 12.4. The van der Waals surface area contributed by atoms with Gasteiger partial charge in [0.05, 0.1) is 6.04 Å². The Bertz CT molecular complexity index is 724. The van der Waals surface area contributed by atoms with E-state index in [1.165, 1.54) is 5.56 Å². The Kier molecular flexibility index (Phi) is 11.2. The molecule has 1 aromatic carbocycles. The lowest BCUT2D eigenvalue weighted by Crippen LogP contribution is -2.40. The summed E-state index contributed by atoms with van der Waals surface area (Å²) in [5.74, 6) is 0.621. The van der Waals surface area contributed by atoms with E-state index in [1.807, 2.05) is 43.3 Å². The van der Waals surface area contributed by atoms with Crippen LogP contribution in [0.4, 0.5) is 0 Å². The van der Waals surface area contributed by atoms with Crippen molar-refractivity contribution in [2.24, 2.45) is 4.99 Å². The zero-order chi connectivity index (χ0) is 19.5. The maximum Gasteiger partial charge on any atom is 0.244 e. The van der Waals surface area contributed by atoms with Crippen LogP contribution < -0.4 is 10.6 Å². The van der Waals surface area contributed by atoms with Crippen molar-refractivity contribution in [3.8, 4) is 0 Å². The summed E-state index contributed by atoms with van der Waals surface area (Å²) in [6, 6.07) is 16.1. The second kappa shape index (κ2) is 13.1. The second-order valence-electron chi connectivity index (χ2n) is 6.36. The molecule has 0 saturated heterocycles. The Morgan fingerprint density at radius 3 is 2.54 bits per heavy atom. The fraction of sp³-hybridized carbons (Fsp3) is 0.381. The minimum absolute atomic E-state index is 0. The molecule has 7 heteroatoms. The topological polar surface area (TPSA) is 69.6 Å². The first-order valence-electron chi connectivity index (χ1n) is 9.33. The summed E-state index contributed by atoms with van der Waals surface area (Å²) in [4.78, 5) is 22.8. The van der Waals surface area contributed by atoms with E-state index in [1.54, 1.807) is 18.1 Å². The van der Waals surface area contributed by atoms with Crippen LogP contribution in [0.1, 0.15) is 31.1 Å². The van der Waals surface area contributed by atoms with Crippen molar-refractivity contribution < 1.29 is 4.79 Å². The Balaban J connectivity index is 0.00000392. The van der Waals surface area contributed by atoms with E-state index in [-0.39, 0.29) is 42.5 Å². The number of nitrogens with zero attached hydrogens (tertiary/aromatic N) is 3. The van der Waals surface area contributed by atoms with Crippen molar-refractivity contribution in [1.29, 1.82) is 0 Å². The number of halogens is 1. The molecule has 0 aliphatic carbocycles. The van der Waals surface area contributed by atoms with E-state index >= 15 is 0 Å². The second-order valence-corrected chi connectivity index (χ2v) is 6.36. The molecule has 28 heavy (non-hydrogen) atoms. The van der Waals surface area contributed by atoms with Crippen LogP contribution in [0.3, 0.4) is 0 Å². The first-order valence-corrected chi connectivity index (χ1v) is 9.33. The van der Waals surface area contributed by atoms with Gasteiger partial charge in [-0.3, -0.25) is 9.78 Å². The molecule has 0 radical (unpaired) electrons. The van der Waals surface area contributed by atoms with E-state index in [9.17, 15) is 4.79 Å². The third-order valence-electron chi connectivity index (χ3n) is 4.22. The first kappa shape index (κ1) is 23.9. The molecular weight excluding hydrogens is 465 g/mol. The van der Waals surface area contributed by atoms with Crippen molar-refractivity contribution >= 4 is 35.8 Å². The molecule has 0 aliphatic rings. The highest BCUT2D eigenvalue weighted by atomic mass is 127. The smallest absolute Gasteiger partial charge is 0.244 e. The van der Waals surface area contributed by atoms with Crippen molar-refractivity contribution in [3.05, 3.63) is 66.0 Å². The van der Waals surface area contributed by atoms with Gasteiger partial charge in [-0.1, -0.05) is 36.4 Å². The lowest BCUT2D eigenvalue weighted by molar-refractivity contribution is -0.128. The molecule has 1 unspecified atom stereocenters. The van der Waals surface area contributed by atoms with Crippen molar-refractivity contribution in [1.82, 2.24) is 20.5 Å². The fourth-order valence-electron chi connectivity index (χ4n) is 2.57. The standard InChI is InChI=1S/C21H29N5O.HI/c1-4-22-21(25-17(2)18-10-6-5-7-11-18)24-16-20(27)26(3)15-13-19-12-8-9-14-23-19;/h5-12,14,17H,4,13,15-16H2,1-3H3,(H2,22,24,25);1H. The fourth-order valence-corrected chi connectivity index (χ4v) is 2.57. The monoisotopic (exact) mass is 495 g/mol. The zero-order valence-electron chi connectivity index (χ0n) is 16.8. The number of hydrogen-bond acceptors (Lipinski definition) is 3. The number of aromatic nitrogens is 1. The number of amides is 1. The van der Waals surface area contributed by atoms with E-state index in [2.05, 4.69) is 39.7 Å². The quantitative estimate of drug-likeness (QED) is 0.336. The molecule has 1 heterocycles. The Hall–Kier alpha value is -2.16. The minimum Gasteiger partial charge on any atom is -0.357 e. The number of likely N-dealkylation sites (N-methyl/N-ethyl adjacent to an activating group) is 1. The minimum atomic E-state index is -0.0181. The predicted molar refractivity (Wildman–Crippen MR) is 125 cm³/mol. The lowest BCUT2D eigenvalue weighted by Gasteiger charge is -2.19. The third kappa shape index (κ3) is 8.24. The van der Waals surface area contributed by atoms with Gasteiger partial charge in [-0.15, -0.1) is 24.0 Å². The molecule has 1 amide bonds. The van der Waals surface area contributed by atoms with Crippen molar-refractivity contribution in [3.63, 3.8) is 0 Å². The lowest BCUT2D eigenvalue weighted by atomic mass is 10.1. The summed E-state index contributed by atoms with van der Waals surface area (Å²) in [5, 5.41) is 6.54. The number of pyridine rings is 1. The van der Waals surface area contributed by atoms with Gasteiger partial charge in [-0.2, -0.15) is 0 Å². The summed E-state index contributed by atoms with van der Waals surface area (Å²) in [6.07, 6.45) is 2.50. The molecular formula is C21H30IN5O. The SMILES string of the molecule is CCNC(=NCC(=O)N(C)CCc1ccccn1)NC(C)c1ccccc1.I. The summed E-state index contributed by atoms with van der Waals surface area (Å²) in [7, 11) is 1.80. The molecule has 2 N–H and O–H groups in total. The molecule has 2 rings (SSSR count). The summed E-state index contributed by atoms with van der Waals surface area (Å²) in [6.45, 7) is 5.54. The third-order valence-corrected chi connectivity index (χ3v) is 4.22. The van der Waals surface area contributed by atoms with Crippen LogP contribution in [-0.2, 0) is 11.2 Å². The molecule has 6 nitrogen and oxygen atoms in total. The average Bonchev–Trinajstić information content (AvgIpc) is 2.71. The first-order chi connectivity index (χ1) is 13.1. The predicted octanol–water partition coefficient (Wildman–Crippen LogP) is 3.02. The molecule has 0 fully saturated rings. The molecule has 1 atom stereocenters. The van der Waals surface area contributed by atoms with E-state index in [0.717, 1.165) is 18.7 Å². The number of guanidine groups is 1. The number of benzene rings is 1. The van der Waals surface area contributed by atoms with Crippen molar-refractivity contribution in [2.75, 3.05) is 26.7 Å². The van der Waals surface area contributed by atoms with E-state index < -0.39 is 0 Å². The van der Waals surface area contributed by atoms with Gasteiger partial charge in [0.1, 0.15) is 6.54 Å².